The molecule has 156 valence electrons. The van der Waals surface area contributed by atoms with E-state index in [1.165, 1.54) is 6.08 Å². The highest BCUT2D eigenvalue weighted by atomic mass is 127. The van der Waals surface area contributed by atoms with Gasteiger partial charge in [0, 0.05) is 14.3 Å². The second-order valence-electron chi connectivity index (χ2n) is 6.36. The van der Waals surface area contributed by atoms with E-state index in [4.69, 9.17) is 16.3 Å². The summed E-state index contributed by atoms with van der Waals surface area (Å²) in [6, 6.07) is 20.3. The lowest BCUT2D eigenvalue weighted by Gasteiger charge is -2.12. The van der Waals surface area contributed by atoms with Gasteiger partial charge in [0.2, 0.25) is 0 Å². The maximum absolute atomic E-state index is 12.5. The van der Waals surface area contributed by atoms with Crippen molar-refractivity contribution in [3.63, 3.8) is 0 Å². The average Bonchev–Trinajstić information content (AvgIpc) is 2.74. The molecular formula is C23H14Br2ClIN2O2. The molecule has 3 aromatic carbocycles. The number of halogens is 4. The van der Waals surface area contributed by atoms with Crippen LogP contribution >= 0.6 is 66.1 Å². The number of nitriles is 1. The summed E-state index contributed by atoms with van der Waals surface area (Å²) in [6.07, 6.45) is 1.53. The number of nitrogens with one attached hydrogen (secondary N) is 1. The SMILES string of the molecule is N#C/C(=C\c1cc(Br)c(OCc2ccc(Cl)cc2)c(Br)c1)C(=O)Nc1ccc(I)cc1. The molecule has 0 bridgehead atoms. The standard InChI is InChI=1S/C23H14Br2ClIN2O2/c24-20-10-15(9-16(12-28)23(30)29-19-7-5-18(27)6-8-19)11-21(25)22(20)31-13-14-1-3-17(26)4-2-14/h1-11H,13H2,(H,29,30)/b16-9+. The van der Waals surface area contributed by atoms with Crippen LogP contribution in [0.1, 0.15) is 11.1 Å². The van der Waals surface area contributed by atoms with Crippen LogP contribution in [0.25, 0.3) is 6.08 Å². The minimum atomic E-state index is -0.473. The first-order valence-electron chi connectivity index (χ1n) is 8.90. The molecule has 0 aliphatic heterocycles. The van der Waals surface area contributed by atoms with Crippen LogP contribution < -0.4 is 10.1 Å². The number of benzene rings is 3. The third-order valence-corrected chi connectivity index (χ3v) is 6.24. The van der Waals surface area contributed by atoms with Gasteiger partial charge in [-0.3, -0.25) is 4.79 Å². The number of anilines is 1. The predicted octanol–water partition coefficient (Wildman–Crippen LogP) is 7.59. The lowest BCUT2D eigenvalue weighted by Crippen LogP contribution is -2.13. The number of ether oxygens (including phenoxy) is 1. The molecule has 0 fully saturated rings. The molecule has 0 aliphatic carbocycles. The summed E-state index contributed by atoms with van der Waals surface area (Å²) in [5.41, 5.74) is 2.27. The molecule has 0 atom stereocenters. The Hall–Kier alpha value is -1.86. The molecule has 0 heterocycles. The number of nitrogens with zero attached hydrogens (tertiary/aromatic N) is 1. The monoisotopic (exact) mass is 670 g/mol. The molecule has 0 radical (unpaired) electrons. The quantitative estimate of drug-likeness (QED) is 0.167. The van der Waals surface area contributed by atoms with E-state index in [0.29, 0.717) is 37.6 Å². The van der Waals surface area contributed by atoms with Gasteiger partial charge in [-0.2, -0.15) is 5.26 Å². The van der Waals surface area contributed by atoms with Crippen molar-refractivity contribution in [3.8, 4) is 11.8 Å². The fourth-order valence-corrected chi connectivity index (χ4v) is 4.52. The number of carbonyl (C=O) groups excluding carboxylic acids is 1. The van der Waals surface area contributed by atoms with E-state index in [1.54, 1.807) is 24.3 Å². The lowest BCUT2D eigenvalue weighted by molar-refractivity contribution is -0.112. The van der Waals surface area contributed by atoms with Crippen LogP contribution in [0.5, 0.6) is 5.75 Å². The largest absolute Gasteiger partial charge is 0.487 e. The maximum Gasteiger partial charge on any atom is 0.266 e. The van der Waals surface area contributed by atoms with Gasteiger partial charge in [0.25, 0.3) is 5.91 Å². The molecule has 3 aromatic rings. The van der Waals surface area contributed by atoms with Crippen LogP contribution in [-0.4, -0.2) is 5.91 Å². The van der Waals surface area contributed by atoms with E-state index in [0.717, 1.165) is 9.13 Å². The Labute approximate surface area is 215 Å². The third-order valence-electron chi connectivity index (χ3n) is 4.10. The Morgan fingerprint density at radius 2 is 1.71 bits per heavy atom. The molecule has 3 rings (SSSR count). The Bertz CT molecular complexity index is 1150. The van der Waals surface area contributed by atoms with Crippen molar-refractivity contribution in [1.29, 1.82) is 5.26 Å². The van der Waals surface area contributed by atoms with E-state index in [9.17, 15) is 10.1 Å². The van der Waals surface area contributed by atoms with Crippen molar-refractivity contribution in [1.82, 2.24) is 0 Å². The number of hydrogen-bond acceptors (Lipinski definition) is 3. The van der Waals surface area contributed by atoms with E-state index in [1.807, 2.05) is 42.5 Å². The van der Waals surface area contributed by atoms with Gasteiger partial charge in [-0.15, -0.1) is 0 Å². The normalized spacial score (nSPS) is 11.0. The van der Waals surface area contributed by atoms with Gasteiger partial charge in [-0.1, -0.05) is 23.7 Å². The number of amides is 1. The minimum Gasteiger partial charge on any atom is -0.487 e. The van der Waals surface area contributed by atoms with Gasteiger partial charge in [0.05, 0.1) is 8.95 Å². The molecule has 0 saturated carbocycles. The summed E-state index contributed by atoms with van der Waals surface area (Å²) in [5, 5.41) is 12.9. The molecule has 0 aromatic heterocycles. The zero-order valence-electron chi connectivity index (χ0n) is 15.8. The average molecular weight is 673 g/mol. The van der Waals surface area contributed by atoms with Gasteiger partial charge >= 0.3 is 0 Å². The molecule has 4 nitrogen and oxygen atoms in total. The summed E-state index contributed by atoms with van der Waals surface area (Å²) < 4.78 is 8.35. The number of carbonyl (C=O) groups is 1. The first-order valence-corrected chi connectivity index (χ1v) is 11.9. The van der Waals surface area contributed by atoms with Gasteiger partial charge in [-0.25, -0.2) is 0 Å². The van der Waals surface area contributed by atoms with Crippen LogP contribution in [0, 0.1) is 14.9 Å². The second kappa shape index (κ2) is 11.1. The maximum atomic E-state index is 12.5. The van der Waals surface area contributed by atoms with Gasteiger partial charge < -0.3 is 10.1 Å². The number of hydrogen-bond donors (Lipinski definition) is 1. The van der Waals surface area contributed by atoms with E-state index >= 15 is 0 Å². The lowest BCUT2D eigenvalue weighted by atomic mass is 10.1. The summed E-state index contributed by atoms with van der Waals surface area (Å²) >= 11 is 15.1. The zero-order valence-corrected chi connectivity index (χ0v) is 21.9. The second-order valence-corrected chi connectivity index (χ2v) is 9.75. The Kier molecular flexibility index (Phi) is 8.55. The molecule has 8 heteroatoms. The highest BCUT2D eigenvalue weighted by Gasteiger charge is 2.13. The minimum absolute atomic E-state index is 0.00724. The Morgan fingerprint density at radius 1 is 1.10 bits per heavy atom. The van der Waals surface area contributed by atoms with Gasteiger partial charge in [0.15, 0.2) is 0 Å². The highest BCUT2D eigenvalue weighted by Crippen LogP contribution is 2.36. The van der Waals surface area contributed by atoms with Crippen molar-refractivity contribution >= 4 is 83.7 Å². The summed E-state index contributed by atoms with van der Waals surface area (Å²) in [7, 11) is 0. The fraction of sp³-hybridized carbons (Fsp3) is 0.0435. The molecule has 1 N–H and O–H groups in total. The molecule has 0 unspecified atom stereocenters. The van der Waals surface area contributed by atoms with E-state index < -0.39 is 5.91 Å². The number of rotatable bonds is 6. The van der Waals surface area contributed by atoms with Gasteiger partial charge in [0.1, 0.15) is 24.0 Å². The van der Waals surface area contributed by atoms with Crippen LogP contribution in [-0.2, 0) is 11.4 Å². The zero-order chi connectivity index (χ0) is 22.4. The summed E-state index contributed by atoms with van der Waals surface area (Å²) in [5.74, 6) is 0.146. The Morgan fingerprint density at radius 3 is 2.29 bits per heavy atom. The third kappa shape index (κ3) is 6.81. The topological polar surface area (TPSA) is 62.1 Å². The molecular weight excluding hydrogens is 658 g/mol. The first kappa shape index (κ1) is 23.8. The highest BCUT2D eigenvalue weighted by molar-refractivity contribution is 14.1. The molecule has 0 aliphatic rings. The van der Waals surface area contributed by atoms with Crippen LogP contribution in [0.15, 0.2) is 75.2 Å². The van der Waals surface area contributed by atoms with Crippen molar-refractivity contribution < 1.29 is 9.53 Å². The molecule has 0 saturated heterocycles. The van der Waals surface area contributed by atoms with Crippen molar-refractivity contribution in [2.24, 2.45) is 0 Å². The summed E-state index contributed by atoms with van der Waals surface area (Å²) in [4.78, 5) is 12.5. The van der Waals surface area contributed by atoms with Crippen LogP contribution in [0.2, 0.25) is 5.02 Å². The van der Waals surface area contributed by atoms with E-state index in [2.05, 4.69) is 59.8 Å². The molecule has 1 amide bonds. The van der Waals surface area contributed by atoms with Crippen molar-refractivity contribution in [2.75, 3.05) is 5.32 Å². The van der Waals surface area contributed by atoms with Gasteiger partial charge in [-0.05, 0) is 120 Å². The molecule has 31 heavy (non-hydrogen) atoms. The van der Waals surface area contributed by atoms with E-state index in [-0.39, 0.29) is 5.57 Å². The fourth-order valence-electron chi connectivity index (χ4n) is 2.58. The van der Waals surface area contributed by atoms with Crippen LogP contribution in [0.3, 0.4) is 0 Å². The first-order chi connectivity index (χ1) is 14.9. The predicted molar refractivity (Wildman–Crippen MR) is 139 cm³/mol. The Balaban J connectivity index is 1.76. The molecule has 0 spiro atoms. The van der Waals surface area contributed by atoms with Crippen molar-refractivity contribution in [3.05, 3.63) is 94.9 Å². The van der Waals surface area contributed by atoms with Crippen molar-refractivity contribution in [2.45, 2.75) is 6.61 Å². The van der Waals surface area contributed by atoms with Crippen LogP contribution in [0.4, 0.5) is 5.69 Å². The summed E-state index contributed by atoms with van der Waals surface area (Å²) in [6.45, 7) is 0.366. The smallest absolute Gasteiger partial charge is 0.266 e.